The van der Waals surface area contributed by atoms with Crippen molar-refractivity contribution in [2.75, 3.05) is 0 Å². The Labute approximate surface area is 205 Å². The molecule has 36 heavy (non-hydrogen) atoms. The molecule has 2 heterocycles. The highest BCUT2D eigenvalue weighted by molar-refractivity contribution is 5.95. The van der Waals surface area contributed by atoms with Crippen molar-refractivity contribution in [2.45, 2.75) is 13.1 Å². The Balaban J connectivity index is 1.37. The molecule has 0 aliphatic carbocycles. The van der Waals surface area contributed by atoms with Gasteiger partial charge in [0.05, 0.1) is 9.85 Å². The first kappa shape index (κ1) is 24.0. The number of pyridine rings is 2. The number of carbonyl (C=O) groups is 2. The number of rotatable bonds is 9. The van der Waals surface area contributed by atoms with E-state index in [0.29, 0.717) is 11.1 Å². The standard InChI is InChI=1S/C26H20N4O6/c31-25(21-1-5-23(6-2-21)29(33)34)17-27-13-9-19(10-14-27)20-11-15-28(16-12-20)18-26(32)22-3-7-24(8-4-22)30(35)36/h1-16H,17-18H2/q+2. The van der Waals surface area contributed by atoms with Gasteiger partial charge in [0, 0.05) is 59.7 Å². The quantitative estimate of drug-likeness (QED) is 0.155. The van der Waals surface area contributed by atoms with E-state index >= 15 is 0 Å². The number of ketones is 2. The number of benzene rings is 2. The number of carbonyl (C=O) groups excluding carboxylic acids is 2. The van der Waals surface area contributed by atoms with E-state index < -0.39 is 9.85 Å². The van der Waals surface area contributed by atoms with Gasteiger partial charge in [-0.25, -0.2) is 0 Å². The zero-order valence-corrected chi connectivity index (χ0v) is 18.9. The van der Waals surface area contributed by atoms with Gasteiger partial charge < -0.3 is 0 Å². The molecule has 0 bridgehead atoms. The van der Waals surface area contributed by atoms with Crippen LogP contribution in [0.3, 0.4) is 0 Å². The molecule has 0 atom stereocenters. The lowest BCUT2D eigenvalue weighted by molar-refractivity contribution is -0.683. The van der Waals surface area contributed by atoms with Crippen molar-refractivity contribution in [3.8, 4) is 11.1 Å². The van der Waals surface area contributed by atoms with Crippen LogP contribution in [0, 0.1) is 20.2 Å². The minimum Gasteiger partial charge on any atom is -0.287 e. The second-order valence-corrected chi connectivity index (χ2v) is 7.97. The Hall–Kier alpha value is -5.12. The van der Waals surface area contributed by atoms with Crippen molar-refractivity contribution in [1.82, 2.24) is 0 Å². The second kappa shape index (κ2) is 10.4. The van der Waals surface area contributed by atoms with Gasteiger partial charge in [0.2, 0.25) is 24.7 Å². The highest BCUT2D eigenvalue weighted by Crippen LogP contribution is 2.17. The van der Waals surface area contributed by atoms with Crippen LogP contribution < -0.4 is 9.13 Å². The number of Topliss-reactive ketones (excluding diaryl/α,β-unsaturated/α-hetero) is 2. The third-order valence-corrected chi connectivity index (χ3v) is 5.57. The monoisotopic (exact) mass is 484 g/mol. The first-order chi connectivity index (χ1) is 17.3. The summed E-state index contributed by atoms with van der Waals surface area (Å²) in [5, 5.41) is 21.5. The third kappa shape index (κ3) is 5.68. The van der Waals surface area contributed by atoms with Crippen LogP contribution in [0.5, 0.6) is 0 Å². The Bertz CT molecular complexity index is 1320. The Morgan fingerprint density at radius 1 is 0.556 bits per heavy atom. The van der Waals surface area contributed by atoms with Crippen molar-refractivity contribution >= 4 is 22.9 Å². The zero-order valence-electron chi connectivity index (χ0n) is 18.9. The molecule has 0 unspecified atom stereocenters. The summed E-state index contributed by atoms with van der Waals surface area (Å²) >= 11 is 0. The maximum Gasteiger partial charge on any atom is 0.269 e. The normalized spacial score (nSPS) is 10.6. The molecule has 0 spiro atoms. The lowest BCUT2D eigenvalue weighted by atomic mass is 10.1. The average molecular weight is 484 g/mol. The van der Waals surface area contributed by atoms with E-state index in [-0.39, 0.29) is 36.0 Å². The zero-order chi connectivity index (χ0) is 25.7. The van der Waals surface area contributed by atoms with Crippen LogP contribution in [-0.4, -0.2) is 21.4 Å². The molecule has 2 aromatic heterocycles. The minimum absolute atomic E-state index is 0.0662. The predicted octanol–water partition coefficient (Wildman–Crippen LogP) is 3.51. The lowest BCUT2D eigenvalue weighted by Gasteiger charge is -2.02. The van der Waals surface area contributed by atoms with Crippen molar-refractivity contribution < 1.29 is 28.6 Å². The molecule has 0 aliphatic heterocycles. The van der Waals surface area contributed by atoms with Gasteiger partial charge in [-0.15, -0.1) is 0 Å². The van der Waals surface area contributed by atoms with E-state index in [9.17, 15) is 29.8 Å². The van der Waals surface area contributed by atoms with E-state index in [0.717, 1.165) is 11.1 Å². The molecule has 0 aliphatic rings. The molecule has 0 saturated heterocycles. The number of aromatic nitrogens is 2. The maximum atomic E-state index is 12.5. The summed E-state index contributed by atoms with van der Waals surface area (Å²) in [6.07, 6.45) is 7.10. The molecule has 0 radical (unpaired) electrons. The van der Waals surface area contributed by atoms with Crippen LogP contribution in [-0.2, 0) is 13.1 Å². The molecule has 178 valence electrons. The molecular formula is C26H20N4O6+2. The summed E-state index contributed by atoms with van der Waals surface area (Å²) in [6, 6.07) is 18.5. The van der Waals surface area contributed by atoms with Crippen molar-refractivity contribution in [1.29, 1.82) is 0 Å². The molecule has 0 amide bonds. The first-order valence-corrected chi connectivity index (χ1v) is 10.8. The van der Waals surface area contributed by atoms with E-state index in [1.165, 1.54) is 48.5 Å². The van der Waals surface area contributed by atoms with Gasteiger partial charge in [0.1, 0.15) is 0 Å². The van der Waals surface area contributed by atoms with Gasteiger partial charge in [-0.2, -0.15) is 9.13 Å². The van der Waals surface area contributed by atoms with Crippen LogP contribution in [0.15, 0.2) is 97.6 Å². The van der Waals surface area contributed by atoms with Crippen LogP contribution >= 0.6 is 0 Å². The van der Waals surface area contributed by atoms with Crippen LogP contribution in [0.4, 0.5) is 11.4 Å². The molecule has 4 aromatic rings. The van der Waals surface area contributed by atoms with E-state index in [1.54, 1.807) is 33.9 Å². The number of nitro benzene ring substituents is 2. The number of hydrogen-bond donors (Lipinski definition) is 0. The fourth-order valence-electron chi connectivity index (χ4n) is 3.56. The van der Waals surface area contributed by atoms with Gasteiger partial charge in [0.25, 0.3) is 11.4 Å². The predicted molar refractivity (Wildman–Crippen MR) is 127 cm³/mol. The largest absolute Gasteiger partial charge is 0.287 e. The maximum absolute atomic E-state index is 12.5. The van der Waals surface area contributed by atoms with Gasteiger partial charge in [0.15, 0.2) is 24.8 Å². The Morgan fingerprint density at radius 3 is 1.14 bits per heavy atom. The fourth-order valence-corrected chi connectivity index (χ4v) is 3.56. The average Bonchev–Trinajstić information content (AvgIpc) is 2.89. The summed E-state index contributed by atoms with van der Waals surface area (Å²) in [5.41, 5.74) is 2.50. The SMILES string of the molecule is O=C(C[n+]1ccc(-c2cc[n+](CC(=O)c3ccc([N+](=O)[O-])cc3)cc2)cc1)c1ccc([N+](=O)[O-])cc1. The van der Waals surface area contributed by atoms with Crippen LogP contribution in [0.25, 0.3) is 11.1 Å². The van der Waals surface area contributed by atoms with Crippen molar-refractivity contribution in [2.24, 2.45) is 0 Å². The molecule has 10 heteroatoms. The molecule has 2 aromatic carbocycles. The molecular weight excluding hydrogens is 464 g/mol. The third-order valence-electron chi connectivity index (χ3n) is 5.57. The Morgan fingerprint density at radius 2 is 0.861 bits per heavy atom. The lowest BCUT2D eigenvalue weighted by Crippen LogP contribution is -2.37. The number of nitrogens with zero attached hydrogens (tertiary/aromatic N) is 4. The summed E-state index contributed by atoms with van der Waals surface area (Å²) < 4.78 is 3.44. The molecule has 0 N–H and O–H groups in total. The first-order valence-electron chi connectivity index (χ1n) is 10.8. The van der Waals surface area contributed by atoms with Gasteiger partial charge in [-0.1, -0.05) is 0 Å². The number of non-ortho nitro benzene ring substituents is 2. The van der Waals surface area contributed by atoms with Crippen molar-refractivity contribution in [3.05, 3.63) is 129 Å². The second-order valence-electron chi connectivity index (χ2n) is 7.97. The highest BCUT2D eigenvalue weighted by atomic mass is 16.6. The van der Waals surface area contributed by atoms with Gasteiger partial charge >= 0.3 is 0 Å². The summed E-state index contributed by atoms with van der Waals surface area (Å²) in [4.78, 5) is 45.4. The summed E-state index contributed by atoms with van der Waals surface area (Å²) in [7, 11) is 0. The Kier molecular flexibility index (Phi) is 6.96. The van der Waals surface area contributed by atoms with E-state index in [1.807, 2.05) is 24.3 Å². The van der Waals surface area contributed by atoms with E-state index in [2.05, 4.69) is 0 Å². The number of nitro groups is 2. The summed E-state index contributed by atoms with van der Waals surface area (Å²) in [6.45, 7) is 0.190. The van der Waals surface area contributed by atoms with Crippen LogP contribution in [0.2, 0.25) is 0 Å². The molecule has 10 nitrogen and oxygen atoms in total. The highest BCUT2D eigenvalue weighted by Gasteiger charge is 2.16. The van der Waals surface area contributed by atoms with Crippen LogP contribution in [0.1, 0.15) is 20.7 Å². The smallest absolute Gasteiger partial charge is 0.269 e. The van der Waals surface area contributed by atoms with E-state index in [4.69, 9.17) is 0 Å². The molecule has 0 saturated carbocycles. The van der Waals surface area contributed by atoms with Gasteiger partial charge in [-0.3, -0.25) is 29.8 Å². The topological polar surface area (TPSA) is 128 Å². The summed E-state index contributed by atoms with van der Waals surface area (Å²) in [5.74, 6) is -0.331. The van der Waals surface area contributed by atoms with Gasteiger partial charge in [-0.05, 0) is 35.4 Å². The molecule has 0 fully saturated rings. The molecule has 4 rings (SSSR count). The minimum atomic E-state index is -0.510. The van der Waals surface area contributed by atoms with Crippen molar-refractivity contribution in [3.63, 3.8) is 0 Å². The fraction of sp³-hybridized carbons (Fsp3) is 0.0769. The number of hydrogen-bond acceptors (Lipinski definition) is 6.